The van der Waals surface area contributed by atoms with Crippen LogP contribution in [0.25, 0.3) is 0 Å². The van der Waals surface area contributed by atoms with Gasteiger partial charge in [0.2, 0.25) is 0 Å². The maximum Gasteiger partial charge on any atom is 0.194 e. The van der Waals surface area contributed by atoms with Crippen molar-refractivity contribution in [2.45, 2.75) is 6.10 Å². The molecule has 0 aromatic heterocycles. The van der Waals surface area contributed by atoms with E-state index in [1.54, 1.807) is 48.5 Å². The Morgan fingerprint density at radius 1 is 0.500 bits per heavy atom. The second-order valence-corrected chi connectivity index (χ2v) is 6.49. The van der Waals surface area contributed by atoms with Gasteiger partial charge in [-0.3, -0.25) is 14.4 Å². The minimum absolute atomic E-state index is 0.187. The molecule has 2 aliphatic rings. The van der Waals surface area contributed by atoms with E-state index in [1.165, 1.54) is 12.1 Å². The molecule has 0 saturated heterocycles. The van der Waals surface area contributed by atoms with Crippen molar-refractivity contribution in [3.63, 3.8) is 0 Å². The maximum absolute atomic E-state index is 12.9. The van der Waals surface area contributed by atoms with Crippen LogP contribution >= 0.6 is 0 Å². The van der Waals surface area contributed by atoms with Crippen LogP contribution in [-0.2, 0) is 5.11 Å². The van der Waals surface area contributed by atoms with Crippen molar-refractivity contribution < 1.29 is 19.5 Å². The van der Waals surface area contributed by atoms with Gasteiger partial charge in [0.25, 0.3) is 0 Å². The zero-order chi connectivity index (χ0) is 18.0. The zero-order valence-corrected chi connectivity index (χ0v) is 13.5. The van der Waals surface area contributed by atoms with Crippen LogP contribution in [-0.4, -0.2) is 17.3 Å². The van der Waals surface area contributed by atoms with Crippen molar-refractivity contribution in [2.75, 3.05) is 0 Å². The van der Waals surface area contributed by atoms with Gasteiger partial charge in [0, 0.05) is 38.9 Å². The lowest BCUT2D eigenvalue weighted by Gasteiger charge is -2.25. The summed E-state index contributed by atoms with van der Waals surface area (Å²) in [6.45, 7) is 0. The lowest BCUT2D eigenvalue weighted by molar-refractivity contribution is 0.0952. The molecular formula is C22H11O4. The standard InChI is InChI=1S/C22H11O4/c23-19-11-5-1-2-6-12(11)20(24)16-10-18-17(9-15(16)19)21(25)13-7-3-4-8-14(13)22(18)26/h1-10,19H. The highest BCUT2D eigenvalue weighted by molar-refractivity contribution is 6.29. The van der Waals surface area contributed by atoms with Crippen LogP contribution in [0.15, 0.2) is 60.7 Å². The Morgan fingerprint density at radius 2 is 1.00 bits per heavy atom. The monoisotopic (exact) mass is 339 g/mol. The molecule has 0 N–H and O–H groups in total. The largest absolute Gasteiger partial charge is 0.289 e. The fraction of sp³-hybridized carbons (Fsp3) is 0.0455. The third-order valence-electron chi connectivity index (χ3n) is 5.11. The fourth-order valence-electron chi connectivity index (χ4n) is 3.82. The van der Waals surface area contributed by atoms with Crippen LogP contribution in [0.4, 0.5) is 0 Å². The number of ketones is 3. The Bertz CT molecular complexity index is 1160. The molecule has 0 saturated carbocycles. The minimum atomic E-state index is -1.26. The van der Waals surface area contributed by atoms with Crippen LogP contribution in [0.3, 0.4) is 0 Å². The molecule has 0 amide bonds. The van der Waals surface area contributed by atoms with Crippen molar-refractivity contribution in [1.29, 1.82) is 0 Å². The molecule has 0 spiro atoms. The molecule has 1 unspecified atom stereocenters. The Hall–Kier alpha value is -3.37. The predicted octanol–water partition coefficient (Wildman–Crippen LogP) is 3.53. The van der Waals surface area contributed by atoms with Gasteiger partial charge in [0.1, 0.15) is 6.10 Å². The number of fused-ring (bicyclic) bond motifs is 4. The number of carbonyl (C=O) groups excluding carboxylic acids is 3. The summed E-state index contributed by atoms with van der Waals surface area (Å²) in [6.07, 6.45) is -1.26. The number of hydrogen-bond acceptors (Lipinski definition) is 3. The van der Waals surface area contributed by atoms with Crippen molar-refractivity contribution in [3.05, 3.63) is 105 Å². The van der Waals surface area contributed by atoms with E-state index < -0.39 is 6.10 Å². The van der Waals surface area contributed by atoms with E-state index in [-0.39, 0.29) is 39.6 Å². The Balaban J connectivity index is 1.78. The molecule has 5 rings (SSSR count). The smallest absolute Gasteiger partial charge is 0.194 e. The molecule has 0 aliphatic heterocycles. The first-order valence-corrected chi connectivity index (χ1v) is 8.23. The van der Waals surface area contributed by atoms with Crippen molar-refractivity contribution in [2.24, 2.45) is 0 Å². The second-order valence-electron chi connectivity index (χ2n) is 6.49. The summed E-state index contributed by atoms with van der Waals surface area (Å²) in [5.41, 5.74) is 2.26. The third-order valence-corrected chi connectivity index (χ3v) is 5.11. The molecule has 4 heteroatoms. The molecule has 123 valence electrons. The first-order valence-electron chi connectivity index (χ1n) is 8.23. The van der Waals surface area contributed by atoms with Gasteiger partial charge < -0.3 is 0 Å². The van der Waals surface area contributed by atoms with Crippen LogP contribution in [0.5, 0.6) is 0 Å². The van der Waals surface area contributed by atoms with E-state index in [0.29, 0.717) is 22.3 Å². The minimum Gasteiger partial charge on any atom is -0.289 e. The normalized spacial score (nSPS) is 17.3. The molecule has 1 atom stereocenters. The van der Waals surface area contributed by atoms with Gasteiger partial charge in [-0.05, 0) is 17.7 Å². The molecule has 0 bridgehead atoms. The van der Waals surface area contributed by atoms with Gasteiger partial charge in [0.15, 0.2) is 17.3 Å². The van der Waals surface area contributed by atoms with Crippen LogP contribution in [0.1, 0.15) is 65.0 Å². The second kappa shape index (κ2) is 5.07. The quantitative estimate of drug-likeness (QED) is 0.492. The van der Waals surface area contributed by atoms with Gasteiger partial charge >= 0.3 is 0 Å². The molecule has 0 fully saturated rings. The summed E-state index contributed by atoms with van der Waals surface area (Å²) in [6, 6.07) is 16.1. The highest BCUT2D eigenvalue weighted by Gasteiger charge is 2.36. The number of carbonyl (C=O) groups is 3. The predicted molar refractivity (Wildman–Crippen MR) is 92.2 cm³/mol. The van der Waals surface area contributed by atoms with Gasteiger partial charge in [-0.25, -0.2) is 5.11 Å². The first-order chi connectivity index (χ1) is 12.6. The first kappa shape index (κ1) is 14.9. The zero-order valence-electron chi connectivity index (χ0n) is 13.5. The summed E-state index contributed by atoms with van der Waals surface area (Å²) in [4.78, 5) is 38.5. The van der Waals surface area contributed by atoms with Crippen LogP contribution in [0.2, 0.25) is 0 Å². The maximum atomic E-state index is 12.9. The van der Waals surface area contributed by atoms with Crippen LogP contribution < -0.4 is 0 Å². The van der Waals surface area contributed by atoms with E-state index >= 15 is 0 Å². The number of hydrogen-bond donors (Lipinski definition) is 0. The van der Waals surface area contributed by atoms with Crippen molar-refractivity contribution in [3.8, 4) is 0 Å². The summed E-state index contributed by atoms with van der Waals surface area (Å²) >= 11 is 0. The lowest BCUT2D eigenvalue weighted by Crippen LogP contribution is -2.25. The van der Waals surface area contributed by atoms with Gasteiger partial charge in [0.05, 0.1) is 0 Å². The molecule has 3 aromatic rings. The van der Waals surface area contributed by atoms with E-state index in [9.17, 15) is 19.5 Å². The number of benzene rings is 3. The molecule has 2 aliphatic carbocycles. The topological polar surface area (TPSA) is 71.1 Å². The summed E-state index contributed by atoms with van der Waals surface area (Å²) in [7, 11) is 0. The molecule has 1 radical (unpaired) electrons. The average Bonchev–Trinajstić information content (AvgIpc) is 2.69. The van der Waals surface area contributed by atoms with Crippen LogP contribution in [0, 0.1) is 0 Å². The van der Waals surface area contributed by atoms with Gasteiger partial charge in [-0.15, -0.1) is 0 Å². The van der Waals surface area contributed by atoms with Gasteiger partial charge in [-0.1, -0.05) is 48.5 Å². The molecule has 26 heavy (non-hydrogen) atoms. The van der Waals surface area contributed by atoms with E-state index in [1.807, 2.05) is 0 Å². The Morgan fingerprint density at radius 3 is 1.65 bits per heavy atom. The van der Waals surface area contributed by atoms with Crippen molar-refractivity contribution >= 4 is 17.3 Å². The third kappa shape index (κ3) is 1.79. The molecular weight excluding hydrogens is 328 g/mol. The van der Waals surface area contributed by atoms with Crippen molar-refractivity contribution in [1.82, 2.24) is 0 Å². The highest BCUT2D eigenvalue weighted by atomic mass is 16.3. The Labute approximate surface area is 148 Å². The lowest BCUT2D eigenvalue weighted by atomic mass is 9.77. The Kier molecular flexibility index (Phi) is 2.91. The highest BCUT2D eigenvalue weighted by Crippen LogP contribution is 2.39. The summed E-state index contributed by atoms with van der Waals surface area (Å²) < 4.78 is 0. The molecule has 3 aromatic carbocycles. The molecule has 4 nitrogen and oxygen atoms in total. The average molecular weight is 339 g/mol. The van der Waals surface area contributed by atoms with E-state index in [4.69, 9.17) is 0 Å². The van der Waals surface area contributed by atoms with E-state index in [0.717, 1.165) is 0 Å². The number of rotatable bonds is 0. The summed E-state index contributed by atoms with van der Waals surface area (Å²) in [5.74, 6) is -0.881. The SMILES string of the molecule is [O]C1c2ccccc2C(=O)c2cc3c(cc21)C(=O)c1ccccc1C3=O. The van der Waals surface area contributed by atoms with E-state index in [2.05, 4.69) is 0 Å². The molecule has 0 heterocycles. The fourth-order valence-corrected chi connectivity index (χ4v) is 3.82. The summed E-state index contributed by atoms with van der Waals surface area (Å²) in [5, 5.41) is 12.9. The van der Waals surface area contributed by atoms with Gasteiger partial charge in [-0.2, -0.15) is 0 Å².